The molecule has 0 N–H and O–H groups in total. The van der Waals surface area contributed by atoms with Crippen molar-refractivity contribution in [2.75, 3.05) is 19.1 Å². The van der Waals surface area contributed by atoms with Gasteiger partial charge in [0.25, 0.3) is 5.91 Å². The molecule has 174 valence electrons. The molecule has 1 unspecified atom stereocenters. The first kappa shape index (κ1) is 23.1. The summed E-state index contributed by atoms with van der Waals surface area (Å²) in [6.45, 7) is 0. The predicted molar refractivity (Wildman–Crippen MR) is 124 cm³/mol. The van der Waals surface area contributed by atoms with Gasteiger partial charge in [-0.2, -0.15) is 0 Å². The van der Waals surface area contributed by atoms with Crippen LogP contribution in [0.1, 0.15) is 15.9 Å². The van der Waals surface area contributed by atoms with Gasteiger partial charge in [-0.05, 0) is 42.0 Å². The topological polar surface area (TPSA) is 108 Å². The summed E-state index contributed by atoms with van der Waals surface area (Å²) in [5, 5.41) is 11.6. The van der Waals surface area contributed by atoms with Crippen LogP contribution in [0.3, 0.4) is 0 Å². The number of carbonyl (C=O) groups is 2. The first-order chi connectivity index (χ1) is 16.3. The molecule has 1 amide bonds. The van der Waals surface area contributed by atoms with Crippen LogP contribution in [-0.4, -0.2) is 37.1 Å². The average molecular weight is 483 g/mol. The highest BCUT2D eigenvalue weighted by Gasteiger charge is 2.39. The third kappa shape index (κ3) is 4.25. The number of benzene rings is 3. The smallest absolute Gasteiger partial charge is 0.329 e. The minimum absolute atomic E-state index is 0.0361. The predicted octanol–water partition coefficient (Wildman–Crippen LogP) is 4.79. The van der Waals surface area contributed by atoms with Crippen LogP contribution < -0.4 is 14.4 Å². The maximum atomic E-state index is 13.5. The van der Waals surface area contributed by atoms with Crippen molar-refractivity contribution in [3.8, 4) is 17.2 Å². The van der Waals surface area contributed by atoms with E-state index < -0.39 is 22.8 Å². The summed E-state index contributed by atoms with van der Waals surface area (Å²) in [6.07, 6.45) is 0.340. The average Bonchev–Trinajstić information content (AvgIpc) is 3.23. The van der Waals surface area contributed by atoms with Crippen molar-refractivity contribution in [2.24, 2.45) is 0 Å². The molecular weight excluding hydrogens is 464 g/mol. The standard InChI is InChI=1S/C24H19ClN2O7/c1-32-22-12-15(7-9-21(22)34-20-10-8-16(25)13-18(20)27(30)31)23(28)26-17-6-4-3-5-14(17)11-19(26)24(29)33-2/h3-10,12-13,19H,11H2,1-2H3. The van der Waals surface area contributed by atoms with Gasteiger partial charge in [0.15, 0.2) is 11.5 Å². The van der Waals surface area contributed by atoms with Gasteiger partial charge >= 0.3 is 11.7 Å². The Hall–Kier alpha value is -4.11. The van der Waals surface area contributed by atoms with Gasteiger partial charge in [0.1, 0.15) is 6.04 Å². The van der Waals surface area contributed by atoms with Crippen LogP contribution in [0.15, 0.2) is 60.7 Å². The summed E-state index contributed by atoms with van der Waals surface area (Å²) in [6, 6.07) is 14.9. The minimum Gasteiger partial charge on any atom is -0.493 e. The molecule has 0 fully saturated rings. The highest BCUT2D eigenvalue weighted by atomic mass is 35.5. The molecule has 9 nitrogen and oxygen atoms in total. The van der Waals surface area contributed by atoms with Crippen LogP contribution in [0.4, 0.5) is 11.4 Å². The number of fused-ring (bicyclic) bond motifs is 1. The van der Waals surface area contributed by atoms with Gasteiger partial charge in [-0.1, -0.05) is 29.8 Å². The summed E-state index contributed by atoms with van der Waals surface area (Å²) in [4.78, 5) is 38.0. The Morgan fingerprint density at radius 3 is 2.47 bits per heavy atom. The van der Waals surface area contributed by atoms with E-state index in [1.54, 1.807) is 12.1 Å². The van der Waals surface area contributed by atoms with Gasteiger partial charge in [-0.25, -0.2) is 4.79 Å². The molecule has 4 rings (SSSR count). The van der Waals surface area contributed by atoms with E-state index in [1.165, 1.54) is 55.5 Å². The molecule has 1 aliphatic rings. The summed E-state index contributed by atoms with van der Waals surface area (Å²) in [5.41, 5.74) is 1.40. The van der Waals surface area contributed by atoms with Crippen molar-refractivity contribution in [2.45, 2.75) is 12.5 Å². The van der Waals surface area contributed by atoms with E-state index in [-0.39, 0.29) is 33.5 Å². The molecule has 0 saturated carbocycles. The zero-order valence-electron chi connectivity index (χ0n) is 18.2. The molecule has 0 spiro atoms. The quantitative estimate of drug-likeness (QED) is 0.282. The number of anilines is 1. The normalized spacial score (nSPS) is 14.3. The number of hydrogen-bond donors (Lipinski definition) is 0. The number of esters is 1. The van der Waals surface area contributed by atoms with Crippen LogP contribution in [0, 0.1) is 10.1 Å². The minimum atomic E-state index is -0.798. The van der Waals surface area contributed by atoms with Gasteiger partial charge in [-0.3, -0.25) is 19.8 Å². The summed E-state index contributed by atoms with van der Waals surface area (Å²) < 4.78 is 16.0. The molecule has 1 atom stereocenters. The van der Waals surface area contributed by atoms with Gasteiger partial charge in [0, 0.05) is 28.8 Å². The Morgan fingerprint density at radius 2 is 1.76 bits per heavy atom. The Kier molecular flexibility index (Phi) is 6.38. The number of carbonyl (C=O) groups excluding carboxylic acids is 2. The van der Waals surface area contributed by atoms with Gasteiger partial charge in [0.2, 0.25) is 5.75 Å². The van der Waals surface area contributed by atoms with Crippen molar-refractivity contribution in [3.05, 3.63) is 86.9 Å². The zero-order chi connectivity index (χ0) is 24.4. The van der Waals surface area contributed by atoms with Gasteiger partial charge in [0.05, 0.1) is 19.1 Å². The molecule has 1 heterocycles. The Bertz CT molecular complexity index is 1290. The number of nitro benzene ring substituents is 1. The number of nitro groups is 1. The maximum Gasteiger partial charge on any atom is 0.329 e. The molecule has 0 aromatic heterocycles. The van der Waals surface area contributed by atoms with E-state index in [0.717, 1.165) is 5.56 Å². The van der Waals surface area contributed by atoms with Crippen LogP contribution in [0.5, 0.6) is 17.2 Å². The Balaban J connectivity index is 1.68. The fraction of sp³-hybridized carbons (Fsp3) is 0.167. The number of halogens is 1. The zero-order valence-corrected chi connectivity index (χ0v) is 18.9. The second kappa shape index (κ2) is 9.40. The lowest BCUT2D eigenvalue weighted by Crippen LogP contribution is -2.43. The van der Waals surface area contributed by atoms with Crippen molar-refractivity contribution >= 4 is 34.9 Å². The van der Waals surface area contributed by atoms with E-state index in [2.05, 4.69) is 0 Å². The van der Waals surface area contributed by atoms with Crippen LogP contribution in [0.2, 0.25) is 5.02 Å². The number of para-hydroxylation sites is 1. The monoisotopic (exact) mass is 482 g/mol. The van der Waals surface area contributed by atoms with Crippen LogP contribution in [-0.2, 0) is 16.0 Å². The lowest BCUT2D eigenvalue weighted by Gasteiger charge is -2.24. The molecule has 10 heteroatoms. The highest BCUT2D eigenvalue weighted by Crippen LogP contribution is 2.39. The number of amides is 1. The van der Waals surface area contributed by atoms with Crippen molar-refractivity contribution < 1.29 is 28.7 Å². The molecule has 3 aromatic rings. The number of rotatable bonds is 6. The summed E-state index contributed by atoms with van der Waals surface area (Å²) >= 11 is 5.86. The lowest BCUT2D eigenvalue weighted by molar-refractivity contribution is -0.385. The molecular formula is C24H19ClN2O7. The molecule has 3 aromatic carbocycles. The Labute approximate surface area is 199 Å². The third-order valence-corrected chi connectivity index (χ3v) is 5.65. The SMILES string of the molecule is COC(=O)C1Cc2ccccc2N1C(=O)c1ccc(Oc2ccc(Cl)cc2[N+](=O)[O-])c(OC)c1. The molecule has 34 heavy (non-hydrogen) atoms. The first-order valence-electron chi connectivity index (χ1n) is 10.1. The second-order valence-corrected chi connectivity index (χ2v) is 7.82. The fourth-order valence-corrected chi connectivity index (χ4v) is 3.99. The van der Waals surface area contributed by atoms with Crippen LogP contribution >= 0.6 is 11.6 Å². The highest BCUT2D eigenvalue weighted by molar-refractivity contribution is 6.30. The molecule has 0 saturated heterocycles. The van der Waals surface area contributed by atoms with E-state index in [0.29, 0.717) is 12.1 Å². The van der Waals surface area contributed by atoms with E-state index in [9.17, 15) is 19.7 Å². The van der Waals surface area contributed by atoms with Crippen molar-refractivity contribution in [3.63, 3.8) is 0 Å². The van der Waals surface area contributed by atoms with Crippen molar-refractivity contribution in [1.29, 1.82) is 0 Å². The third-order valence-electron chi connectivity index (χ3n) is 5.42. The lowest BCUT2D eigenvalue weighted by atomic mass is 10.1. The van der Waals surface area contributed by atoms with Gasteiger partial charge < -0.3 is 14.2 Å². The number of ether oxygens (including phenoxy) is 3. The number of methoxy groups -OCH3 is 2. The van der Waals surface area contributed by atoms with E-state index >= 15 is 0 Å². The first-order valence-corrected chi connectivity index (χ1v) is 10.5. The number of nitrogens with zero attached hydrogens (tertiary/aromatic N) is 2. The fourth-order valence-electron chi connectivity index (χ4n) is 3.82. The van der Waals surface area contributed by atoms with E-state index in [1.807, 2.05) is 12.1 Å². The molecule has 0 aliphatic carbocycles. The molecule has 0 bridgehead atoms. The van der Waals surface area contributed by atoms with Gasteiger partial charge in [-0.15, -0.1) is 0 Å². The van der Waals surface area contributed by atoms with E-state index in [4.69, 9.17) is 25.8 Å². The molecule has 0 radical (unpaired) electrons. The van der Waals surface area contributed by atoms with Crippen molar-refractivity contribution in [1.82, 2.24) is 0 Å². The Morgan fingerprint density at radius 1 is 1.03 bits per heavy atom. The van der Waals surface area contributed by atoms with Crippen LogP contribution in [0.25, 0.3) is 0 Å². The summed E-state index contributed by atoms with van der Waals surface area (Å²) in [5.74, 6) is -0.645. The molecule has 1 aliphatic heterocycles. The maximum absolute atomic E-state index is 13.5. The largest absolute Gasteiger partial charge is 0.493 e. The summed E-state index contributed by atoms with van der Waals surface area (Å²) in [7, 11) is 2.66. The second-order valence-electron chi connectivity index (χ2n) is 7.38. The number of hydrogen-bond acceptors (Lipinski definition) is 7.